The number of methoxy groups -OCH3 is 1. The van der Waals surface area contributed by atoms with Crippen LogP contribution in [0.4, 0.5) is 10.6 Å². The fourth-order valence-corrected chi connectivity index (χ4v) is 2.90. The summed E-state index contributed by atoms with van der Waals surface area (Å²) in [5.41, 5.74) is 0. The number of hydrogen-bond acceptors (Lipinski definition) is 6. The number of thiazole rings is 1. The van der Waals surface area contributed by atoms with Crippen LogP contribution in [-0.2, 0) is 11.8 Å². The third-order valence-electron chi connectivity index (χ3n) is 3.38. The Labute approximate surface area is 131 Å². The van der Waals surface area contributed by atoms with Crippen LogP contribution in [0.25, 0.3) is 0 Å². The Kier molecular flexibility index (Phi) is 4.25. The van der Waals surface area contributed by atoms with Gasteiger partial charge in [-0.3, -0.25) is 5.32 Å². The normalized spacial score (nSPS) is 18.3. The van der Waals surface area contributed by atoms with E-state index in [1.807, 2.05) is 5.38 Å². The van der Waals surface area contributed by atoms with Gasteiger partial charge in [-0.05, 0) is 0 Å². The average Bonchev–Trinajstić information content (AvgIpc) is 3.18. The molecule has 1 atom stereocenters. The highest BCUT2D eigenvalue weighted by molar-refractivity contribution is 7.09. The molecule has 118 valence electrons. The van der Waals surface area contributed by atoms with Gasteiger partial charge in [-0.25, -0.2) is 14.5 Å². The van der Waals surface area contributed by atoms with Gasteiger partial charge in [0.15, 0.2) is 0 Å². The highest BCUT2D eigenvalue weighted by Gasteiger charge is 2.27. The third-order valence-corrected chi connectivity index (χ3v) is 4.25. The van der Waals surface area contributed by atoms with Crippen LogP contribution in [0.5, 0.6) is 5.88 Å². The molecule has 0 bridgehead atoms. The predicted molar refractivity (Wildman–Crippen MR) is 81.2 cm³/mol. The number of morpholine rings is 1. The molecule has 2 aromatic rings. The van der Waals surface area contributed by atoms with Gasteiger partial charge in [0.1, 0.15) is 16.9 Å². The first-order valence-electron chi connectivity index (χ1n) is 6.82. The smallest absolute Gasteiger partial charge is 0.323 e. The maximum atomic E-state index is 12.4. The molecule has 8 nitrogen and oxygen atoms in total. The number of anilines is 1. The molecule has 0 spiro atoms. The standard InChI is InChI=1S/C13H17N5O3S/c1-17-10(7-11(16-17)20-2)15-13(19)18-4-5-21-9(8-18)12-14-3-6-22-12/h3,6-7,9H,4-5,8H2,1-2H3,(H,15,19). The van der Waals surface area contributed by atoms with E-state index in [1.54, 1.807) is 28.9 Å². The molecule has 9 heteroatoms. The van der Waals surface area contributed by atoms with Crippen LogP contribution in [-0.4, -0.2) is 52.5 Å². The monoisotopic (exact) mass is 323 g/mol. The Morgan fingerprint density at radius 1 is 1.59 bits per heavy atom. The minimum Gasteiger partial charge on any atom is -0.480 e. The summed E-state index contributed by atoms with van der Waals surface area (Å²) >= 11 is 1.53. The second-order valence-electron chi connectivity index (χ2n) is 4.80. The summed E-state index contributed by atoms with van der Waals surface area (Å²) in [5.74, 6) is 1.04. The van der Waals surface area contributed by atoms with Crippen molar-refractivity contribution in [2.45, 2.75) is 6.10 Å². The van der Waals surface area contributed by atoms with Gasteiger partial charge < -0.3 is 14.4 Å². The molecule has 0 radical (unpaired) electrons. The van der Waals surface area contributed by atoms with E-state index in [-0.39, 0.29) is 12.1 Å². The topological polar surface area (TPSA) is 81.5 Å². The Bertz CT molecular complexity index is 642. The molecule has 0 aliphatic carbocycles. The lowest BCUT2D eigenvalue weighted by atomic mass is 10.3. The number of carbonyl (C=O) groups is 1. The maximum Gasteiger partial charge on any atom is 0.323 e. The molecule has 3 heterocycles. The van der Waals surface area contributed by atoms with E-state index >= 15 is 0 Å². The summed E-state index contributed by atoms with van der Waals surface area (Å²) in [5, 5.41) is 9.74. The van der Waals surface area contributed by atoms with E-state index in [0.29, 0.717) is 31.4 Å². The molecule has 1 fully saturated rings. The number of hydrogen-bond donors (Lipinski definition) is 1. The first-order chi connectivity index (χ1) is 10.7. The van der Waals surface area contributed by atoms with Crippen molar-refractivity contribution in [3.63, 3.8) is 0 Å². The zero-order valence-electron chi connectivity index (χ0n) is 12.4. The molecule has 3 rings (SSSR count). The first-order valence-corrected chi connectivity index (χ1v) is 7.70. The molecule has 1 N–H and O–H groups in total. The molecular formula is C13H17N5O3S. The van der Waals surface area contributed by atoms with Crippen molar-refractivity contribution in [1.29, 1.82) is 0 Å². The summed E-state index contributed by atoms with van der Waals surface area (Å²) in [6, 6.07) is 1.49. The molecule has 0 saturated carbocycles. The molecule has 2 aromatic heterocycles. The number of carbonyl (C=O) groups excluding carboxylic acids is 1. The van der Waals surface area contributed by atoms with Gasteiger partial charge in [-0.15, -0.1) is 16.4 Å². The lowest BCUT2D eigenvalue weighted by molar-refractivity contribution is -0.0136. The van der Waals surface area contributed by atoms with Crippen molar-refractivity contribution in [2.75, 3.05) is 32.1 Å². The van der Waals surface area contributed by atoms with Crippen molar-refractivity contribution in [2.24, 2.45) is 7.05 Å². The van der Waals surface area contributed by atoms with Crippen molar-refractivity contribution in [1.82, 2.24) is 19.7 Å². The van der Waals surface area contributed by atoms with Crippen LogP contribution in [0.1, 0.15) is 11.1 Å². The van der Waals surface area contributed by atoms with Crippen LogP contribution >= 0.6 is 11.3 Å². The van der Waals surface area contributed by atoms with Crippen molar-refractivity contribution >= 4 is 23.2 Å². The minimum absolute atomic E-state index is 0.166. The van der Waals surface area contributed by atoms with Crippen molar-refractivity contribution < 1.29 is 14.3 Å². The highest BCUT2D eigenvalue weighted by Crippen LogP contribution is 2.24. The highest BCUT2D eigenvalue weighted by atomic mass is 32.1. The molecule has 1 aliphatic rings. The van der Waals surface area contributed by atoms with Gasteiger partial charge >= 0.3 is 6.03 Å². The number of urea groups is 1. The number of nitrogens with one attached hydrogen (secondary N) is 1. The molecule has 0 aromatic carbocycles. The summed E-state index contributed by atoms with van der Waals surface area (Å²) in [4.78, 5) is 18.4. The van der Waals surface area contributed by atoms with Crippen molar-refractivity contribution in [3.05, 3.63) is 22.7 Å². The number of aromatic nitrogens is 3. The van der Waals surface area contributed by atoms with E-state index in [4.69, 9.17) is 9.47 Å². The van der Waals surface area contributed by atoms with E-state index in [1.165, 1.54) is 18.4 Å². The van der Waals surface area contributed by atoms with Gasteiger partial charge in [0, 0.05) is 31.2 Å². The molecule has 1 unspecified atom stereocenters. The van der Waals surface area contributed by atoms with Gasteiger partial charge in [-0.2, -0.15) is 0 Å². The predicted octanol–water partition coefficient (Wildman–Crippen LogP) is 1.49. The van der Waals surface area contributed by atoms with Crippen LogP contribution in [0.3, 0.4) is 0 Å². The number of nitrogens with zero attached hydrogens (tertiary/aromatic N) is 4. The Hall–Kier alpha value is -2.13. The van der Waals surface area contributed by atoms with E-state index < -0.39 is 0 Å². The summed E-state index contributed by atoms with van der Waals surface area (Å²) in [6.45, 7) is 1.52. The molecule has 2 amide bonds. The van der Waals surface area contributed by atoms with Gasteiger partial charge in [-0.1, -0.05) is 0 Å². The lowest BCUT2D eigenvalue weighted by Crippen LogP contribution is -2.44. The zero-order chi connectivity index (χ0) is 15.5. The third kappa shape index (κ3) is 3.04. The lowest BCUT2D eigenvalue weighted by Gasteiger charge is -2.31. The van der Waals surface area contributed by atoms with Gasteiger partial charge in [0.05, 0.1) is 20.3 Å². The van der Waals surface area contributed by atoms with Gasteiger partial charge in [0.2, 0.25) is 5.88 Å². The average molecular weight is 323 g/mol. The summed E-state index contributed by atoms with van der Waals surface area (Å²) < 4.78 is 12.3. The maximum absolute atomic E-state index is 12.4. The Morgan fingerprint density at radius 3 is 3.14 bits per heavy atom. The Morgan fingerprint density at radius 2 is 2.45 bits per heavy atom. The van der Waals surface area contributed by atoms with Crippen LogP contribution in [0, 0.1) is 0 Å². The SMILES string of the molecule is COc1cc(NC(=O)N2CCOC(c3nccs3)C2)n(C)n1. The van der Waals surface area contributed by atoms with E-state index in [2.05, 4.69) is 15.4 Å². The molecular weight excluding hydrogens is 306 g/mol. The second-order valence-corrected chi connectivity index (χ2v) is 5.73. The molecule has 22 heavy (non-hydrogen) atoms. The fourth-order valence-electron chi connectivity index (χ4n) is 2.22. The zero-order valence-corrected chi connectivity index (χ0v) is 13.2. The number of rotatable bonds is 3. The number of aryl methyl sites for hydroxylation is 1. The van der Waals surface area contributed by atoms with Crippen LogP contribution in [0.15, 0.2) is 17.6 Å². The van der Waals surface area contributed by atoms with E-state index in [0.717, 1.165) is 5.01 Å². The van der Waals surface area contributed by atoms with E-state index in [9.17, 15) is 4.79 Å². The Balaban J connectivity index is 1.65. The summed E-state index contributed by atoms with van der Waals surface area (Å²) in [6.07, 6.45) is 1.57. The minimum atomic E-state index is -0.185. The van der Waals surface area contributed by atoms with Crippen molar-refractivity contribution in [3.8, 4) is 5.88 Å². The summed E-state index contributed by atoms with van der Waals surface area (Å²) in [7, 11) is 3.28. The van der Waals surface area contributed by atoms with Gasteiger partial charge in [0.25, 0.3) is 0 Å². The number of ether oxygens (including phenoxy) is 2. The largest absolute Gasteiger partial charge is 0.480 e. The fraction of sp³-hybridized carbons (Fsp3) is 0.462. The van der Waals surface area contributed by atoms with Crippen LogP contribution in [0.2, 0.25) is 0 Å². The quantitative estimate of drug-likeness (QED) is 0.925. The molecule has 1 aliphatic heterocycles. The number of amides is 2. The van der Waals surface area contributed by atoms with Crippen LogP contribution < -0.4 is 10.1 Å². The second kappa shape index (κ2) is 6.32. The molecule has 1 saturated heterocycles. The first kappa shape index (κ1) is 14.8.